The first-order valence-electron chi connectivity index (χ1n) is 5.47. The van der Waals surface area contributed by atoms with Crippen LogP contribution in [0.4, 0.5) is 4.39 Å². The van der Waals surface area contributed by atoms with Crippen molar-refractivity contribution in [3.8, 4) is 0 Å². The third-order valence-electron chi connectivity index (χ3n) is 2.02. The molecule has 16 heavy (non-hydrogen) atoms. The van der Waals surface area contributed by atoms with Gasteiger partial charge in [-0.05, 0) is 39.3 Å². The van der Waals surface area contributed by atoms with E-state index in [1.807, 2.05) is 27.7 Å². The summed E-state index contributed by atoms with van der Waals surface area (Å²) in [6.45, 7) is 7.91. The van der Waals surface area contributed by atoms with Gasteiger partial charge in [-0.3, -0.25) is 9.82 Å². The lowest BCUT2D eigenvalue weighted by Gasteiger charge is -2.24. The number of aromatic nitrogens is 1. The van der Waals surface area contributed by atoms with Gasteiger partial charge < -0.3 is 0 Å². The van der Waals surface area contributed by atoms with Crippen LogP contribution in [0.25, 0.3) is 0 Å². The molecule has 0 saturated carbocycles. The third kappa shape index (κ3) is 4.24. The van der Waals surface area contributed by atoms with Gasteiger partial charge in [-0.15, -0.1) is 0 Å². The van der Waals surface area contributed by atoms with Crippen molar-refractivity contribution in [2.45, 2.75) is 45.8 Å². The molecular formula is C12H19FN2O. The molecule has 1 rings (SSSR count). The minimum absolute atomic E-state index is 0.0141. The molecular weight excluding hydrogens is 207 g/mol. The molecule has 0 saturated heterocycles. The number of halogens is 1. The van der Waals surface area contributed by atoms with Crippen LogP contribution < -0.4 is 5.48 Å². The summed E-state index contributed by atoms with van der Waals surface area (Å²) in [5.41, 5.74) is 3.49. The van der Waals surface area contributed by atoms with Gasteiger partial charge in [0.25, 0.3) is 0 Å². The Kier molecular flexibility index (Phi) is 4.38. The topological polar surface area (TPSA) is 34.1 Å². The number of hydrogen-bond donors (Lipinski definition) is 1. The van der Waals surface area contributed by atoms with Crippen LogP contribution in [0.15, 0.2) is 18.3 Å². The van der Waals surface area contributed by atoms with Crippen LogP contribution in [0.5, 0.6) is 0 Å². The first kappa shape index (κ1) is 13.1. The molecule has 0 aliphatic heterocycles. The van der Waals surface area contributed by atoms with Crippen molar-refractivity contribution in [3.63, 3.8) is 0 Å². The smallest absolute Gasteiger partial charge is 0.141 e. The van der Waals surface area contributed by atoms with Crippen molar-refractivity contribution in [2.24, 2.45) is 0 Å². The summed E-state index contributed by atoms with van der Waals surface area (Å²) in [5.74, 6) is -0.324. The van der Waals surface area contributed by atoms with Crippen molar-refractivity contribution < 1.29 is 9.23 Å². The molecule has 1 aromatic heterocycles. The summed E-state index contributed by atoms with van der Waals surface area (Å²) < 4.78 is 12.7. The van der Waals surface area contributed by atoms with Crippen molar-refractivity contribution in [1.29, 1.82) is 0 Å². The maximum atomic E-state index is 12.7. The average molecular weight is 226 g/mol. The summed E-state index contributed by atoms with van der Waals surface area (Å²) in [6, 6.07) is 3.06. The van der Waals surface area contributed by atoms with Crippen molar-refractivity contribution in [1.82, 2.24) is 10.5 Å². The number of hydroxylamine groups is 1. The number of hydrogen-bond acceptors (Lipinski definition) is 3. The fraction of sp³-hybridized carbons (Fsp3) is 0.583. The Morgan fingerprint density at radius 3 is 2.56 bits per heavy atom. The summed E-state index contributed by atoms with van der Waals surface area (Å²) >= 11 is 0. The van der Waals surface area contributed by atoms with Crippen LogP contribution in [-0.2, 0) is 4.84 Å². The van der Waals surface area contributed by atoms with E-state index in [2.05, 4.69) is 10.5 Å². The second kappa shape index (κ2) is 5.37. The molecule has 0 spiro atoms. The molecule has 3 nitrogen and oxygen atoms in total. The highest BCUT2D eigenvalue weighted by Gasteiger charge is 2.16. The molecule has 4 heteroatoms. The first-order valence-corrected chi connectivity index (χ1v) is 5.47. The van der Waals surface area contributed by atoms with E-state index < -0.39 is 0 Å². The Labute approximate surface area is 96.0 Å². The highest BCUT2D eigenvalue weighted by molar-refractivity contribution is 5.09. The van der Waals surface area contributed by atoms with Crippen molar-refractivity contribution in [3.05, 3.63) is 29.8 Å². The monoisotopic (exact) mass is 226 g/mol. The molecule has 0 bridgehead atoms. The molecule has 90 valence electrons. The fourth-order valence-corrected chi connectivity index (χ4v) is 1.19. The molecule has 1 heterocycles. The Balaban J connectivity index is 2.64. The Hall–Kier alpha value is -1.00. The molecule has 0 radical (unpaired) electrons. The predicted molar refractivity (Wildman–Crippen MR) is 61.2 cm³/mol. The predicted octanol–water partition coefficient (Wildman–Crippen LogP) is 2.99. The van der Waals surface area contributed by atoms with Gasteiger partial charge in [-0.2, -0.15) is 5.48 Å². The highest BCUT2D eigenvalue weighted by atomic mass is 19.1. The van der Waals surface area contributed by atoms with Gasteiger partial charge in [0.05, 0.1) is 23.5 Å². The summed E-state index contributed by atoms with van der Waals surface area (Å²) in [7, 11) is 0. The van der Waals surface area contributed by atoms with Gasteiger partial charge in [-0.1, -0.05) is 6.92 Å². The van der Waals surface area contributed by atoms with Gasteiger partial charge in [-0.25, -0.2) is 4.39 Å². The number of nitrogens with zero attached hydrogens (tertiary/aromatic N) is 1. The Bertz CT molecular complexity index is 319. The standard InChI is InChI=1S/C12H19FN2O/c1-5-10(15-16-12(2,3)4)11-7-6-9(13)8-14-11/h6-8,10,15H,5H2,1-4H3. The van der Waals surface area contributed by atoms with Gasteiger partial charge in [0.15, 0.2) is 0 Å². The summed E-state index contributed by atoms with van der Waals surface area (Å²) in [6.07, 6.45) is 2.05. The molecule has 1 N–H and O–H groups in total. The van der Waals surface area contributed by atoms with Gasteiger partial charge in [0.1, 0.15) is 5.82 Å². The van der Waals surface area contributed by atoms with E-state index in [9.17, 15) is 4.39 Å². The van der Waals surface area contributed by atoms with E-state index in [1.165, 1.54) is 12.3 Å². The van der Waals surface area contributed by atoms with Crippen LogP contribution in [0, 0.1) is 5.82 Å². The van der Waals surface area contributed by atoms with Crippen LogP contribution in [0.3, 0.4) is 0 Å². The Morgan fingerprint density at radius 2 is 2.12 bits per heavy atom. The molecule has 1 unspecified atom stereocenters. The second-order valence-corrected chi connectivity index (χ2v) is 4.69. The molecule has 0 aliphatic carbocycles. The van der Waals surface area contributed by atoms with Crippen molar-refractivity contribution in [2.75, 3.05) is 0 Å². The second-order valence-electron chi connectivity index (χ2n) is 4.69. The maximum absolute atomic E-state index is 12.7. The van der Waals surface area contributed by atoms with E-state index in [-0.39, 0.29) is 17.5 Å². The van der Waals surface area contributed by atoms with Crippen LogP contribution in [-0.4, -0.2) is 10.6 Å². The van der Waals surface area contributed by atoms with Crippen molar-refractivity contribution >= 4 is 0 Å². The number of rotatable bonds is 4. The normalized spacial score (nSPS) is 13.8. The minimum atomic E-state index is -0.324. The zero-order chi connectivity index (χ0) is 12.2. The minimum Gasteiger partial charge on any atom is -0.295 e. The molecule has 0 amide bonds. The molecule has 0 aliphatic rings. The third-order valence-corrected chi connectivity index (χ3v) is 2.02. The highest BCUT2D eigenvalue weighted by Crippen LogP contribution is 2.16. The molecule has 1 atom stereocenters. The van der Waals surface area contributed by atoms with E-state index in [1.54, 1.807) is 6.07 Å². The zero-order valence-corrected chi connectivity index (χ0v) is 10.2. The van der Waals surface area contributed by atoms with Gasteiger partial charge >= 0.3 is 0 Å². The van der Waals surface area contributed by atoms with E-state index in [4.69, 9.17) is 4.84 Å². The van der Waals surface area contributed by atoms with Crippen LogP contribution in [0.1, 0.15) is 45.9 Å². The maximum Gasteiger partial charge on any atom is 0.141 e. The zero-order valence-electron chi connectivity index (χ0n) is 10.2. The molecule has 0 aromatic carbocycles. The quantitative estimate of drug-likeness (QED) is 0.801. The summed E-state index contributed by atoms with van der Waals surface area (Å²) in [4.78, 5) is 9.52. The first-order chi connectivity index (χ1) is 7.42. The van der Waals surface area contributed by atoms with E-state index in [0.29, 0.717) is 0 Å². The average Bonchev–Trinajstić information content (AvgIpc) is 2.20. The van der Waals surface area contributed by atoms with Gasteiger partial charge in [0.2, 0.25) is 0 Å². The lowest BCUT2D eigenvalue weighted by molar-refractivity contribution is -0.0901. The summed E-state index contributed by atoms with van der Waals surface area (Å²) in [5, 5.41) is 0. The number of pyridine rings is 1. The van der Waals surface area contributed by atoms with Crippen LogP contribution >= 0.6 is 0 Å². The van der Waals surface area contributed by atoms with E-state index >= 15 is 0 Å². The molecule has 0 fully saturated rings. The van der Waals surface area contributed by atoms with E-state index in [0.717, 1.165) is 12.1 Å². The Morgan fingerprint density at radius 1 is 1.44 bits per heavy atom. The lowest BCUT2D eigenvalue weighted by Crippen LogP contribution is -2.32. The SMILES string of the molecule is CCC(NOC(C)(C)C)c1ccc(F)cn1. The number of nitrogens with one attached hydrogen (secondary N) is 1. The van der Waals surface area contributed by atoms with Gasteiger partial charge in [0, 0.05) is 0 Å². The van der Waals surface area contributed by atoms with Crippen LogP contribution in [0.2, 0.25) is 0 Å². The lowest BCUT2D eigenvalue weighted by atomic mass is 10.1. The molecule has 1 aromatic rings. The fourth-order valence-electron chi connectivity index (χ4n) is 1.19. The largest absolute Gasteiger partial charge is 0.295 e.